The van der Waals surface area contributed by atoms with Gasteiger partial charge in [-0.05, 0) is 31.2 Å². The van der Waals surface area contributed by atoms with Gasteiger partial charge < -0.3 is 16.4 Å². The molecule has 0 saturated heterocycles. The summed E-state index contributed by atoms with van der Waals surface area (Å²) in [4.78, 5) is 35.4. The van der Waals surface area contributed by atoms with Crippen LogP contribution in [0.25, 0.3) is 0 Å². The second-order valence-electron chi connectivity index (χ2n) is 6.45. The lowest BCUT2D eigenvalue weighted by atomic mass is 10.1. The van der Waals surface area contributed by atoms with Gasteiger partial charge in [0, 0.05) is 19.4 Å². The average Bonchev–Trinajstić information content (AvgIpc) is 2.67. The molecule has 9 heteroatoms. The summed E-state index contributed by atoms with van der Waals surface area (Å²) in [5.74, 6) is -1.90. The molecule has 0 saturated carbocycles. The van der Waals surface area contributed by atoms with E-state index < -0.39 is 27.6 Å². The van der Waals surface area contributed by atoms with Crippen LogP contribution in [0, 0.1) is 6.92 Å². The summed E-state index contributed by atoms with van der Waals surface area (Å²) in [5, 5.41) is 5.11. The zero-order valence-corrected chi connectivity index (χ0v) is 16.8. The molecule has 2 aromatic carbocycles. The van der Waals surface area contributed by atoms with Crippen molar-refractivity contribution in [3.8, 4) is 0 Å². The third-order valence-corrected chi connectivity index (χ3v) is 5.81. The van der Waals surface area contributed by atoms with Crippen molar-refractivity contribution in [3.63, 3.8) is 0 Å². The van der Waals surface area contributed by atoms with E-state index in [2.05, 4.69) is 10.6 Å². The Labute approximate surface area is 169 Å². The maximum absolute atomic E-state index is 12.4. The number of anilines is 1. The number of benzene rings is 2. The Morgan fingerprint density at radius 3 is 2.28 bits per heavy atom. The number of hydrogen-bond acceptors (Lipinski definition) is 5. The van der Waals surface area contributed by atoms with E-state index in [-0.39, 0.29) is 41.3 Å². The van der Waals surface area contributed by atoms with Gasteiger partial charge in [0.2, 0.25) is 11.8 Å². The van der Waals surface area contributed by atoms with E-state index in [0.29, 0.717) is 0 Å². The first-order chi connectivity index (χ1) is 13.7. The highest BCUT2D eigenvalue weighted by Gasteiger charge is 2.18. The number of carbonyl (C=O) groups is 3. The molecule has 29 heavy (non-hydrogen) atoms. The topological polar surface area (TPSA) is 135 Å². The monoisotopic (exact) mass is 417 g/mol. The molecule has 0 fully saturated rings. The Bertz CT molecular complexity index is 1000. The van der Waals surface area contributed by atoms with Crippen molar-refractivity contribution in [2.75, 3.05) is 17.6 Å². The second-order valence-corrected chi connectivity index (χ2v) is 8.56. The summed E-state index contributed by atoms with van der Waals surface area (Å²) in [5.41, 5.74) is 6.42. The number of nitrogens with two attached hydrogens (primary N) is 1. The van der Waals surface area contributed by atoms with Crippen molar-refractivity contribution in [3.05, 3.63) is 59.7 Å². The number of carbonyl (C=O) groups excluding carboxylic acids is 3. The quantitative estimate of drug-likeness (QED) is 0.567. The number of sulfone groups is 1. The molecule has 4 N–H and O–H groups in total. The molecule has 0 aromatic heterocycles. The SMILES string of the molecule is Cc1ccc(S(=O)(=O)CCC(=O)Nc2ccccc2C(=O)NCCC(N)=O)cc1. The normalized spacial score (nSPS) is 10.9. The first kappa shape index (κ1) is 22.1. The summed E-state index contributed by atoms with van der Waals surface area (Å²) in [7, 11) is -3.59. The highest BCUT2D eigenvalue weighted by atomic mass is 32.2. The van der Waals surface area contributed by atoms with Gasteiger partial charge in [0.15, 0.2) is 9.84 Å². The van der Waals surface area contributed by atoms with E-state index in [1.165, 1.54) is 24.3 Å². The molecule has 0 radical (unpaired) electrons. The van der Waals surface area contributed by atoms with Gasteiger partial charge in [0.25, 0.3) is 5.91 Å². The average molecular weight is 417 g/mol. The van der Waals surface area contributed by atoms with Crippen molar-refractivity contribution < 1.29 is 22.8 Å². The van der Waals surface area contributed by atoms with Crippen LogP contribution in [-0.2, 0) is 19.4 Å². The first-order valence-electron chi connectivity index (χ1n) is 8.94. The molecule has 0 aliphatic heterocycles. The maximum Gasteiger partial charge on any atom is 0.253 e. The molecule has 154 valence electrons. The summed E-state index contributed by atoms with van der Waals surface area (Å²) < 4.78 is 24.7. The summed E-state index contributed by atoms with van der Waals surface area (Å²) in [6.07, 6.45) is -0.259. The molecule has 0 bridgehead atoms. The van der Waals surface area contributed by atoms with Gasteiger partial charge in [-0.1, -0.05) is 29.8 Å². The molecule has 2 rings (SSSR count). The molecule has 0 unspecified atom stereocenters. The predicted molar refractivity (Wildman–Crippen MR) is 109 cm³/mol. The highest BCUT2D eigenvalue weighted by molar-refractivity contribution is 7.91. The number of primary amides is 1. The number of nitrogens with one attached hydrogen (secondary N) is 2. The maximum atomic E-state index is 12.4. The van der Waals surface area contributed by atoms with Gasteiger partial charge in [-0.2, -0.15) is 0 Å². The Morgan fingerprint density at radius 2 is 1.62 bits per heavy atom. The Morgan fingerprint density at radius 1 is 0.966 bits per heavy atom. The second kappa shape index (κ2) is 9.83. The molecule has 8 nitrogen and oxygen atoms in total. The number of hydrogen-bond donors (Lipinski definition) is 3. The number of amides is 3. The zero-order chi connectivity index (χ0) is 21.4. The van der Waals surface area contributed by atoms with E-state index in [1.807, 2.05) is 6.92 Å². The molecule has 3 amide bonds. The Kier molecular flexibility index (Phi) is 7.49. The summed E-state index contributed by atoms with van der Waals surface area (Å²) >= 11 is 0. The standard InChI is InChI=1S/C20H23N3O5S/c1-14-6-8-15(9-7-14)29(27,28)13-11-19(25)23-17-5-3-2-4-16(17)20(26)22-12-10-18(21)24/h2-9H,10-13H2,1H3,(H2,21,24)(H,22,26)(H,23,25). The van der Waals surface area contributed by atoms with Crippen LogP contribution in [0.5, 0.6) is 0 Å². The van der Waals surface area contributed by atoms with Crippen LogP contribution in [0.1, 0.15) is 28.8 Å². The molecule has 0 atom stereocenters. The van der Waals surface area contributed by atoms with E-state index >= 15 is 0 Å². The van der Waals surface area contributed by atoms with E-state index in [4.69, 9.17) is 5.73 Å². The van der Waals surface area contributed by atoms with Gasteiger partial charge in [-0.3, -0.25) is 14.4 Å². The van der Waals surface area contributed by atoms with Gasteiger partial charge in [0.1, 0.15) is 0 Å². The number of para-hydroxylation sites is 1. The third kappa shape index (κ3) is 6.72. The fourth-order valence-electron chi connectivity index (χ4n) is 2.49. The minimum absolute atomic E-state index is 0.00284. The lowest BCUT2D eigenvalue weighted by Crippen LogP contribution is -2.29. The van der Waals surface area contributed by atoms with Crippen LogP contribution in [0.2, 0.25) is 0 Å². The molecule has 0 heterocycles. The van der Waals surface area contributed by atoms with Crippen molar-refractivity contribution in [2.45, 2.75) is 24.7 Å². The molecular formula is C20H23N3O5S. The van der Waals surface area contributed by atoms with Crippen molar-refractivity contribution >= 4 is 33.2 Å². The number of aryl methyl sites for hydroxylation is 1. The first-order valence-corrected chi connectivity index (χ1v) is 10.6. The van der Waals surface area contributed by atoms with Crippen LogP contribution in [0.4, 0.5) is 5.69 Å². The smallest absolute Gasteiger partial charge is 0.253 e. The largest absolute Gasteiger partial charge is 0.370 e. The molecule has 0 aliphatic rings. The Hall–Kier alpha value is -3.20. The highest BCUT2D eigenvalue weighted by Crippen LogP contribution is 2.17. The van der Waals surface area contributed by atoms with Crippen molar-refractivity contribution in [1.29, 1.82) is 0 Å². The van der Waals surface area contributed by atoms with Gasteiger partial charge in [0.05, 0.1) is 21.9 Å². The fraction of sp³-hybridized carbons (Fsp3) is 0.250. The van der Waals surface area contributed by atoms with Crippen molar-refractivity contribution in [2.24, 2.45) is 5.73 Å². The third-order valence-electron chi connectivity index (χ3n) is 4.08. The van der Waals surface area contributed by atoms with Crippen LogP contribution < -0.4 is 16.4 Å². The number of rotatable bonds is 9. The van der Waals surface area contributed by atoms with Crippen LogP contribution in [0.3, 0.4) is 0 Å². The minimum atomic E-state index is -3.59. The van der Waals surface area contributed by atoms with E-state index in [1.54, 1.807) is 24.3 Å². The summed E-state index contributed by atoms with van der Waals surface area (Å²) in [6.45, 7) is 1.93. The van der Waals surface area contributed by atoms with Crippen LogP contribution in [-0.4, -0.2) is 38.4 Å². The van der Waals surface area contributed by atoms with Crippen molar-refractivity contribution in [1.82, 2.24) is 5.32 Å². The minimum Gasteiger partial charge on any atom is -0.370 e. The van der Waals surface area contributed by atoms with E-state index in [9.17, 15) is 22.8 Å². The van der Waals surface area contributed by atoms with Gasteiger partial charge >= 0.3 is 0 Å². The molecule has 0 aliphatic carbocycles. The van der Waals surface area contributed by atoms with Gasteiger partial charge in [-0.15, -0.1) is 0 Å². The van der Waals surface area contributed by atoms with E-state index in [0.717, 1.165) is 5.56 Å². The molecular weight excluding hydrogens is 394 g/mol. The van der Waals surface area contributed by atoms with Crippen LogP contribution >= 0.6 is 0 Å². The summed E-state index contributed by atoms with van der Waals surface area (Å²) in [6, 6.07) is 12.7. The Balaban J connectivity index is 1.99. The molecule has 0 spiro atoms. The lowest BCUT2D eigenvalue weighted by Gasteiger charge is -2.11. The van der Waals surface area contributed by atoms with Gasteiger partial charge in [-0.25, -0.2) is 8.42 Å². The fourth-order valence-corrected chi connectivity index (χ4v) is 3.73. The lowest BCUT2D eigenvalue weighted by molar-refractivity contribution is -0.118. The van der Waals surface area contributed by atoms with Crippen LogP contribution in [0.15, 0.2) is 53.4 Å². The predicted octanol–water partition coefficient (Wildman–Crippen LogP) is 1.40. The molecule has 2 aromatic rings. The zero-order valence-electron chi connectivity index (χ0n) is 16.0.